The molecular weight excluding hydrogens is 640 g/mol. The van der Waals surface area contributed by atoms with E-state index in [0.29, 0.717) is 49.4 Å². The Bertz CT molecular complexity index is 1610. The Morgan fingerprint density at radius 1 is 1.13 bits per heavy atom. The van der Waals surface area contributed by atoms with Crippen LogP contribution < -0.4 is 19.1 Å². The Hall–Kier alpha value is -2.79. The Morgan fingerprint density at radius 3 is 2.70 bits per heavy atom. The number of benzene rings is 2. The summed E-state index contributed by atoms with van der Waals surface area (Å²) in [4.78, 5) is 15.6. The summed E-state index contributed by atoms with van der Waals surface area (Å²) in [6, 6.07) is 9.47. The van der Waals surface area contributed by atoms with Crippen LogP contribution in [0.2, 0.25) is 5.02 Å². The third-order valence-electron chi connectivity index (χ3n) is 10.9. The lowest BCUT2D eigenvalue weighted by Crippen LogP contribution is -2.49. The van der Waals surface area contributed by atoms with Crippen molar-refractivity contribution >= 4 is 33.2 Å². The molecule has 256 valence electrons. The SMILES string of the molecule is COCCOc1cc2c3cc1S(=O)(=O)NC(=O)[C@H](C)[C@@H](C)C/C=C/[C@H](OC)C1CC[C@H]1CN3C[C@@]1(CCCc3cc(Cl)ccc31)CO2. The molecule has 2 aliphatic carbocycles. The fraction of sp³-hybridized carbons (Fsp3) is 0.583. The van der Waals surface area contributed by atoms with Crippen LogP contribution >= 0.6 is 11.6 Å². The highest BCUT2D eigenvalue weighted by Crippen LogP contribution is 2.48. The Balaban J connectivity index is 1.49. The van der Waals surface area contributed by atoms with Crippen molar-refractivity contribution in [2.24, 2.45) is 23.7 Å². The van der Waals surface area contributed by atoms with Gasteiger partial charge in [0.05, 0.1) is 25.0 Å². The van der Waals surface area contributed by atoms with Gasteiger partial charge in [0.25, 0.3) is 10.0 Å². The zero-order chi connectivity index (χ0) is 33.3. The van der Waals surface area contributed by atoms with Gasteiger partial charge in [-0.25, -0.2) is 13.1 Å². The summed E-state index contributed by atoms with van der Waals surface area (Å²) in [6.07, 6.45) is 9.78. The molecule has 6 rings (SSSR count). The van der Waals surface area contributed by atoms with Gasteiger partial charge in [0.15, 0.2) is 0 Å². The monoisotopic (exact) mass is 686 g/mol. The number of anilines is 1. The molecule has 1 fully saturated rings. The summed E-state index contributed by atoms with van der Waals surface area (Å²) in [5.74, 6) is 0.160. The van der Waals surface area contributed by atoms with Crippen LogP contribution in [0.5, 0.6) is 11.5 Å². The third-order valence-corrected chi connectivity index (χ3v) is 12.5. The average Bonchev–Trinajstić information content (AvgIpc) is 3.17. The molecule has 4 aliphatic rings. The number of nitrogens with one attached hydrogen (secondary N) is 1. The lowest BCUT2D eigenvalue weighted by molar-refractivity contribution is -0.124. The Morgan fingerprint density at radius 2 is 1.96 bits per heavy atom. The molecule has 1 N–H and O–H groups in total. The van der Waals surface area contributed by atoms with Gasteiger partial charge in [0.2, 0.25) is 5.91 Å². The number of aryl methyl sites for hydroxylation is 1. The molecule has 2 heterocycles. The van der Waals surface area contributed by atoms with Crippen LogP contribution in [0.1, 0.15) is 57.1 Å². The number of hydrogen-bond donors (Lipinski definition) is 1. The van der Waals surface area contributed by atoms with Crippen LogP contribution in [0.3, 0.4) is 0 Å². The minimum atomic E-state index is -4.31. The van der Waals surface area contributed by atoms with Crippen molar-refractivity contribution in [1.82, 2.24) is 4.72 Å². The van der Waals surface area contributed by atoms with Gasteiger partial charge in [0, 0.05) is 49.7 Å². The van der Waals surface area contributed by atoms with E-state index in [9.17, 15) is 13.2 Å². The topological polar surface area (TPSA) is 103 Å². The van der Waals surface area contributed by atoms with Crippen molar-refractivity contribution in [2.45, 2.75) is 68.8 Å². The number of halogens is 1. The fourth-order valence-electron chi connectivity index (χ4n) is 7.78. The highest BCUT2D eigenvalue weighted by Gasteiger charge is 2.45. The van der Waals surface area contributed by atoms with E-state index < -0.39 is 21.8 Å². The number of hydrogen-bond acceptors (Lipinski definition) is 8. The molecule has 1 unspecified atom stereocenters. The number of carbonyl (C=O) groups excluding carboxylic acids is 1. The minimum Gasteiger partial charge on any atom is -0.490 e. The molecule has 11 heteroatoms. The normalized spacial score (nSPS) is 31.0. The molecule has 6 atom stereocenters. The number of methoxy groups -OCH3 is 2. The van der Waals surface area contributed by atoms with E-state index in [1.807, 2.05) is 13.0 Å². The molecule has 2 aliphatic heterocycles. The molecule has 1 amide bonds. The van der Waals surface area contributed by atoms with Gasteiger partial charge in [-0.3, -0.25) is 4.79 Å². The summed E-state index contributed by atoms with van der Waals surface area (Å²) < 4.78 is 54.3. The van der Waals surface area contributed by atoms with Gasteiger partial charge in [-0.1, -0.05) is 43.7 Å². The average molecular weight is 687 g/mol. The van der Waals surface area contributed by atoms with E-state index in [-0.39, 0.29) is 41.3 Å². The second kappa shape index (κ2) is 14.0. The van der Waals surface area contributed by atoms with E-state index in [0.717, 1.165) is 37.1 Å². The number of sulfonamides is 1. The smallest absolute Gasteiger partial charge is 0.267 e. The molecule has 0 saturated heterocycles. The first kappa shape index (κ1) is 34.1. The van der Waals surface area contributed by atoms with E-state index in [1.54, 1.807) is 33.3 Å². The predicted molar refractivity (Wildman–Crippen MR) is 182 cm³/mol. The first-order valence-corrected chi connectivity index (χ1v) is 18.6. The lowest BCUT2D eigenvalue weighted by Gasteiger charge is -2.46. The molecule has 1 saturated carbocycles. The van der Waals surface area contributed by atoms with E-state index in [1.165, 1.54) is 11.1 Å². The van der Waals surface area contributed by atoms with E-state index in [2.05, 4.69) is 33.9 Å². The Kier molecular flexibility index (Phi) is 10.1. The van der Waals surface area contributed by atoms with Crippen molar-refractivity contribution in [3.8, 4) is 11.5 Å². The fourth-order valence-corrected chi connectivity index (χ4v) is 9.19. The van der Waals surface area contributed by atoms with Crippen molar-refractivity contribution in [2.75, 3.05) is 52.0 Å². The van der Waals surface area contributed by atoms with Crippen molar-refractivity contribution < 1.29 is 32.2 Å². The van der Waals surface area contributed by atoms with Gasteiger partial charge < -0.3 is 23.8 Å². The maximum Gasteiger partial charge on any atom is 0.267 e. The maximum atomic E-state index is 14.0. The zero-order valence-corrected chi connectivity index (χ0v) is 29.4. The summed E-state index contributed by atoms with van der Waals surface area (Å²) in [6.45, 7) is 5.91. The van der Waals surface area contributed by atoms with Crippen LogP contribution in [-0.4, -0.2) is 67.6 Å². The lowest BCUT2D eigenvalue weighted by atomic mass is 9.68. The first-order chi connectivity index (χ1) is 22.5. The van der Waals surface area contributed by atoms with Crippen molar-refractivity contribution in [3.63, 3.8) is 0 Å². The van der Waals surface area contributed by atoms with Gasteiger partial charge in [-0.15, -0.1) is 0 Å². The number of rotatable bonds is 5. The zero-order valence-electron chi connectivity index (χ0n) is 27.8. The van der Waals surface area contributed by atoms with Gasteiger partial charge >= 0.3 is 0 Å². The number of carbonyl (C=O) groups is 1. The van der Waals surface area contributed by atoms with Crippen LogP contribution in [-0.2, 0) is 36.1 Å². The minimum absolute atomic E-state index is 0.0419. The molecule has 2 aromatic carbocycles. The highest BCUT2D eigenvalue weighted by atomic mass is 35.5. The third kappa shape index (κ3) is 6.89. The number of amides is 1. The van der Waals surface area contributed by atoms with Crippen LogP contribution in [0.15, 0.2) is 47.4 Å². The number of ether oxygens (including phenoxy) is 4. The van der Waals surface area contributed by atoms with Crippen molar-refractivity contribution in [1.29, 1.82) is 0 Å². The molecule has 47 heavy (non-hydrogen) atoms. The van der Waals surface area contributed by atoms with Gasteiger partial charge in [-0.05, 0) is 85.6 Å². The van der Waals surface area contributed by atoms with Crippen LogP contribution in [0.4, 0.5) is 5.69 Å². The van der Waals surface area contributed by atoms with Gasteiger partial charge in [-0.2, -0.15) is 0 Å². The quantitative estimate of drug-likeness (QED) is 0.306. The summed E-state index contributed by atoms with van der Waals surface area (Å²) >= 11 is 6.45. The molecule has 9 nitrogen and oxygen atoms in total. The first-order valence-electron chi connectivity index (χ1n) is 16.8. The van der Waals surface area contributed by atoms with Gasteiger partial charge in [0.1, 0.15) is 23.0 Å². The Labute approximate surface area is 284 Å². The summed E-state index contributed by atoms with van der Waals surface area (Å²) in [5, 5.41) is 0.720. The standard InChI is InChI=1S/C36H47ClN2O7S/c1-23-7-5-9-31(44-4)28-12-10-26(28)20-39-21-36(14-6-8-25-17-27(37)11-13-29(25)36)22-46-32-19-33(45-16-15-43-3)34(18-30(32)39)47(41,42)38-35(40)24(23)2/h5,9,11,13,17-19,23-24,26,28,31H,6-8,10,12,14-16,20-22H2,1-4H3,(H,38,40)/b9-5+/t23-,24+,26-,28?,31-,36-/m0/s1. The number of fused-ring (bicyclic) bond motifs is 4. The largest absolute Gasteiger partial charge is 0.490 e. The molecule has 0 radical (unpaired) electrons. The second-order valence-electron chi connectivity index (χ2n) is 13.8. The number of nitrogens with zero attached hydrogens (tertiary/aromatic N) is 1. The molecule has 2 bridgehead atoms. The number of allylic oxidation sites excluding steroid dienone is 1. The van der Waals surface area contributed by atoms with Crippen LogP contribution in [0.25, 0.3) is 0 Å². The summed E-state index contributed by atoms with van der Waals surface area (Å²) in [5.41, 5.74) is 2.82. The molecule has 1 spiro atoms. The van der Waals surface area contributed by atoms with Crippen molar-refractivity contribution in [3.05, 3.63) is 58.6 Å². The van der Waals surface area contributed by atoms with E-state index in [4.69, 9.17) is 30.5 Å². The second-order valence-corrected chi connectivity index (χ2v) is 15.9. The molecular formula is C36H47ClN2O7S. The van der Waals surface area contributed by atoms with E-state index >= 15 is 0 Å². The molecule has 0 aromatic heterocycles. The highest BCUT2D eigenvalue weighted by molar-refractivity contribution is 7.90. The van der Waals surface area contributed by atoms with Crippen LogP contribution in [0, 0.1) is 23.7 Å². The maximum absolute atomic E-state index is 14.0. The predicted octanol–water partition coefficient (Wildman–Crippen LogP) is 5.92. The molecule has 2 aromatic rings. The summed E-state index contributed by atoms with van der Waals surface area (Å²) in [7, 11) is -0.986.